The Morgan fingerprint density at radius 2 is 1.94 bits per heavy atom. The molecule has 1 aromatic rings. The van der Waals surface area contributed by atoms with Gasteiger partial charge in [0.15, 0.2) is 0 Å². The maximum Gasteiger partial charge on any atom is 0.136 e. The first-order valence-corrected chi connectivity index (χ1v) is 6.91. The highest BCUT2D eigenvalue weighted by Gasteiger charge is 2.28. The van der Waals surface area contributed by atoms with E-state index in [1.54, 1.807) is 0 Å². The highest BCUT2D eigenvalue weighted by molar-refractivity contribution is 7.90. The molecule has 1 N–H and O–H groups in total. The first-order valence-electron chi connectivity index (χ1n) is 5.76. The van der Waals surface area contributed by atoms with Gasteiger partial charge in [0.2, 0.25) is 0 Å². The lowest BCUT2D eigenvalue weighted by molar-refractivity contribution is 0.531. The van der Waals surface area contributed by atoms with Crippen LogP contribution in [0.3, 0.4) is 0 Å². The second kappa shape index (κ2) is 5.47. The van der Waals surface area contributed by atoms with Crippen LogP contribution in [0.15, 0.2) is 18.2 Å². The van der Waals surface area contributed by atoms with Gasteiger partial charge in [0.1, 0.15) is 12.6 Å². The summed E-state index contributed by atoms with van der Waals surface area (Å²) < 4.78 is 14.8. The minimum Gasteiger partial charge on any atom is -0.598 e. The topological polar surface area (TPSA) is 35.1 Å². The van der Waals surface area contributed by atoms with Crippen molar-refractivity contribution in [1.82, 2.24) is 4.72 Å². The molecular formula is C13H20BNOS. The average Bonchev–Trinajstić information content (AvgIpc) is 2.20. The third kappa shape index (κ3) is 4.05. The molecule has 1 unspecified atom stereocenters. The van der Waals surface area contributed by atoms with Gasteiger partial charge in [-0.15, -0.1) is 4.72 Å². The highest BCUT2D eigenvalue weighted by Crippen LogP contribution is 2.19. The molecule has 0 aliphatic carbocycles. The van der Waals surface area contributed by atoms with Gasteiger partial charge in [-0.2, -0.15) is 0 Å². The van der Waals surface area contributed by atoms with Crippen LogP contribution < -0.4 is 10.2 Å². The molecule has 4 heteroatoms. The highest BCUT2D eigenvalue weighted by atomic mass is 32.2. The zero-order valence-corrected chi connectivity index (χ0v) is 12.0. The van der Waals surface area contributed by atoms with Crippen LogP contribution in [0.25, 0.3) is 0 Å². The molecule has 92 valence electrons. The van der Waals surface area contributed by atoms with Crippen LogP contribution >= 0.6 is 0 Å². The van der Waals surface area contributed by atoms with E-state index in [0.717, 1.165) is 16.6 Å². The summed E-state index contributed by atoms with van der Waals surface area (Å²) in [5.41, 5.74) is 2.95. The number of hydrogen-bond acceptors (Lipinski definition) is 2. The largest absolute Gasteiger partial charge is 0.598 e. The molecule has 0 fully saturated rings. The fourth-order valence-corrected chi connectivity index (χ4v) is 2.18. The van der Waals surface area contributed by atoms with Gasteiger partial charge in [0, 0.05) is 11.4 Å². The van der Waals surface area contributed by atoms with Gasteiger partial charge in [0.25, 0.3) is 0 Å². The summed E-state index contributed by atoms with van der Waals surface area (Å²) in [6, 6.07) is 5.95. The van der Waals surface area contributed by atoms with Gasteiger partial charge in [-0.3, -0.25) is 0 Å². The third-order valence-corrected chi connectivity index (χ3v) is 4.31. The quantitative estimate of drug-likeness (QED) is 0.656. The van der Waals surface area contributed by atoms with E-state index in [4.69, 9.17) is 7.85 Å². The lowest BCUT2D eigenvalue weighted by atomic mass is 9.89. The number of benzene rings is 1. The molecule has 0 aliphatic heterocycles. The second-order valence-corrected chi connectivity index (χ2v) is 7.33. The SMILES string of the molecule is [B]c1ccc([C@@H](C)N[S+]([O-])C(C)(C)C)cc1C. The molecule has 0 saturated carbocycles. The monoisotopic (exact) mass is 249 g/mol. The normalized spacial score (nSPS) is 15.6. The van der Waals surface area contributed by atoms with Crippen LogP contribution in [-0.4, -0.2) is 17.1 Å². The van der Waals surface area contributed by atoms with Gasteiger partial charge in [-0.25, -0.2) is 0 Å². The maximum atomic E-state index is 12.0. The van der Waals surface area contributed by atoms with Crippen LogP contribution in [0.4, 0.5) is 0 Å². The van der Waals surface area contributed by atoms with E-state index < -0.39 is 11.4 Å². The Bertz CT molecular complexity index is 389. The Labute approximate surface area is 109 Å². The van der Waals surface area contributed by atoms with Gasteiger partial charge in [-0.05, 0) is 40.2 Å². The molecule has 2 radical (unpaired) electrons. The van der Waals surface area contributed by atoms with Gasteiger partial charge >= 0.3 is 0 Å². The van der Waals surface area contributed by atoms with Crippen LogP contribution in [-0.2, 0) is 11.4 Å². The molecule has 0 heterocycles. The summed E-state index contributed by atoms with van der Waals surface area (Å²) in [4.78, 5) is 0. The van der Waals surface area contributed by atoms with Crippen molar-refractivity contribution in [3.63, 3.8) is 0 Å². The Morgan fingerprint density at radius 1 is 1.35 bits per heavy atom. The number of hydrogen-bond donors (Lipinski definition) is 1. The number of rotatable bonds is 3. The van der Waals surface area contributed by atoms with Crippen molar-refractivity contribution in [2.45, 2.75) is 45.4 Å². The van der Waals surface area contributed by atoms with Crippen molar-refractivity contribution in [2.75, 3.05) is 0 Å². The fourth-order valence-electron chi connectivity index (χ4n) is 1.37. The van der Waals surface area contributed by atoms with Crippen molar-refractivity contribution in [1.29, 1.82) is 0 Å². The van der Waals surface area contributed by atoms with Gasteiger partial charge < -0.3 is 4.55 Å². The van der Waals surface area contributed by atoms with E-state index in [0.29, 0.717) is 0 Å². The first kappa shape index (κ1) is 14.6. The number of aryl methyl sites for hydroxylation is 1. The zero-order chi connectivity index (χ0) is 13.2. The summed E-state index contributed by atoms with van der Waals surface area (Å²) >= 11 is -1.06. The molecule has 2 nitrogen and oxygen atoms in total. The summed E-state index contributed by atoms with van der Waals surface area (Å²) in [6.07, 6.45) is 0. The smallest absolute Gasteiger partial charge is 0.136 e. The van der Waals surface area contributed by atoms with Crippen molar-refractivity contribution in [3.8, 4) is 0 Å². The Morgan fingerprint density at radius 3 is 2.41 bits per heavy atom. The molecule has 2 atom stereocenters. The molecule has 0 bridgehead atoms. The molecular weight excluding hydrogens is 229 g/mol. The maximum absolute atomic E-state index is 12.0. The van der Waals surface area contributed by atoms with Crippen LogP contribution in [0.5, 0.6) is 0 Å². The fraction of sp³-hybridized carbons (Fsp3) is 0.538. The predicted octanol–water partition coefficient (Wildman–Crippen LogP) is 1.90. The minimum atomic E-state index is -1.06. The van der Waals surface area contributed by atoms with E-state index in [1.807, 2.05) is 52.8 Å². The molecule has 0 spiro atoms. The Hall–Kier alpha value is -0.445. The van der Waals surface area contributed by atoms with E-state index in [1.165, 1.54) is 0 Å². The summed E-state index contributed by atoms with van der Waals surface area (Å²) in [7, 11) is 5.78. The molecule has 0 aromatic heterocycles. The standard InChI is InChI=1S/C13H20BNOS/c1-9-8-11(6-7-12(9)14)10(2)15-17(16)13(3,4)5/h6-8,10,15H,1-5H3/t10-,17?/m1/s1. The lowest BCUT2D eigenvalue weighted by Gasteiger charge is -2.26. The summed E-state index contributed by atoms with van der Waals surface area (Å²) in [5, 5.41) is 0. The number of nitrogens with one attached hydrogen (secondary N) is 1. The first-order chi connectivity index (χ1) is 7.71. The summed E-state index contributed by atoms with van der Waals surface area (Å²) in [5.74, 6) is 0. The Balaban J connectivity index is 2.76. The molecule has 1 rings (SSSR count). The minimum absolute atomic E-state index is 0.0503. The van der Waals surface area contributed by atoms with E-state index in [-0.39, 0.29) is 10.8 Å². The van der Waals surface area contributed by atoms with Crippen molar-refractivity contribution < 1.29 is 4.55 Å². The molecule has 0 saturated heterocycles. The second-order valence-electron chi connectivity index (χ2n) is 5.34. The van der Waals surface area contributed by atoms with E-state index >= 15 is 0 Å². The third-order valence-electron chi connectivity index (χ3n) is 2.63. The zero-order valence-electron chi connectivity index (χ0n) is 11.2. The Kier molecular flexibility index (Phi) is 4.70. The van der Waals surface area contributed by atoms with E-state index in [9.17, 15) is 4.55 Å². The van der Waals surface area contributed by atoms with Crippen LogP contribution in [0.1, 0.15) is 44.9 Å². The molecule has 17 heavy (non-hydrogen) atoms. The van der Waals surface area contributed by atoms with Gasteiger partial charge in [-0.1, -0.05) is 29.2 Å². The molecule has 0 amide bonds. The lowest BCUT2D eigenvalue weighted by Crippen LogP contribution is -2.40. The predicted molar refractivity (Wildman–Crippen MR) is 76.0 cm³/mol. The van der Waals surface area contributed by atoms with Crippen LogP contribution in [0, 0.1) is 6.92 Å². The molecule has 1 aromatic carbocycles. The molecule has 0 aliphatic rings. The average molecular weight is 249 g/mol. The van der Waals surface area contributed by atoms with Crippen LogP contribution in [0.2, 0.25) is 0 Å². The van der Waals surface area contributed by atoms with Gasteiger partial charge in [0.05, 0.1) is 6.04 Å². The summed E-state index contributed by atoms with van der Waals surface area (Å²) in [6.45, 7) is 9.85. The van der Waals surface area contributed by atoms with E-state index in [2.05, 4.69) is 4.72 Å². The van der Waals surface area contributed by atoms with Crippen molar-refractivity contribution >= 4 is 24.7 Å². The van der Waals surface area contributed by atoms with Crippen molar-refractivity contribution in [2.24, 2.45) is 0 Å². The van der Waals surface area contributed by atoms with Crippen molar-refractivity contribution in [3.05, 3.63) is 29.3 Å².